The van der Waals surface area contributed by atoms with Crippen LogP contribution in [0.1, 0.15) is 16.5 Å². The molecule has 0 fully saturated rings. The summed E-state index contributed by atoms with van der Waals surface area (Å²) in [6.07, 6.45) is 0.827. The average Bonchev–Trinajstić information content (AvgIpc) is 2.64. The van der Waals surface area contributed by atoms with Crippen LogP contribution in [0.4, 0.5) is 0 Å². The van der Waals surface area contributed by atoms with Crippen molar-refractivity contribution in [1.29, 1.82) is 0 Å². The summed E-state index contributed by atoms with van der Waals surface area (Å²) in [7, 11) is 0. The van der Waals surface area contributed by atoms with Gasteiger partial charge in [0.25, 0.3) is 0 Å². The van der Waals surface area contributed by atoms with E-state index in [0.29, 0.717) is 0 Å². The van der Waals surface area contributed by atoms with Crippen molar-refractivity contribution in [3.63, 3.8) is 0 Å². The first-order chi connectivity index (χ1) is 7.65. The fourth-order valence-corrected chi connectivity index (χ4v) is 3.10. The van der Waals surface area contributed by atoms with Crippen molar-refractivity contribution in [2.45, 2.75) is 12.5 Å². The Morgan fingerprint density at radius 2 is 2.12 bits per heavy atom. The highest BCUT2D eigenvalue weighted by Crippen LogP contribution is 2.26. The lowest BCUT2D eigenvalue weighted by Gasteiger charge is -2.10. The van der Waals surface area contributed by atoms with Crippen LogP contribution < -0.4 is 5.73 Å². The molecule has 0 saturated heterocycles. The van der Waals surface area contributed by atoms with E-state index in [1.54, 1.807) is 11.3 Å². The number of benzene rings is 1. The number of hydrogen-bond acceptors (Lipinski definition) is 2. The van der Waals surface area contributed by atoms with Crippen LogP contribution in [0.3, 0.4) is 0 Å². The van der Waals surface area contributed by atoms with Crippen molar-refractivity contribution in [2.75, 3.05) is 0 Å². The molecule has 16 heavy (non-hydrogen) atoms. The van der Waals surface area contributed by atoms with Gasteiger partial charge in [-0.25, -0.2) is 0 Å². The minimum absolute atomic E-state index is 0.0206. The molecule has 0 radical (unpaired) electrons. The summed E-state index contributed by atoms with van der Waals surface area (Å²) in [5, 5.41) is 0. The smallest absolute Gasteiger partial charge is 0.0931 e. The molecule has 1 aromatic heterocycles. The van der Waals surface area contributed by atoms with Gasteiger partial charge >= 0.3 is 0 Å². The molecule has 0 bridgehead atoms. The van der Waals surface area contributed by atoms with E-state index < -0.39 is 0 Å². The second kappa shape index (κ2) is 5.32. The molecule has 1 atom stereocenters. The largest absolute Gasteiger partial charge is 0.324 e. The third kappa shape index (κ3) is 3.08. The van der Waals surface area contributed by atoms with Crippen molar-refractivity contribution < 1.29 is 0 Å². The Hall–Kier alpha value is -0.350. The van der Waals surface area contributed by atoms with Crippen molar-refractivity contribution >= 4 is 38.9 Å². The van der Waals surface area contributed by atoms with Crippen LogP contribution in [-0.2, 0) is 6.42 Å². The lowest BCUT2D eigenvalue weighted by molar-refractivity contribution is 0.730. The van der Waals surface area contributed by atoms with Crippen molar-refractivity contribution in [1.82, 2.24) is 0 Å². The fourth-order valence-electron chi connectivity index (χ4n) is 1.53. The first-order valence-corrected chi connectivity index (χ1v) is 6.89. The van der Waals surface area contributed by atoms with Crippen molar-refractivity contribution in [3.8, 4) is 0 Å². The van der Waals surface area contributed by atoms with Crippen LogP contribution in [0.25, 0.3) is 0 Å². The third-order valence-corrected chi connectivity index (χ3v) is 4.07. The highest BCUT2D eigenvalue weighted by molar-refractivity contribution is 9.10. The molecular formula is C12H11BrClNS. The summed E-state index contributed by atoms with van der Waals surface area (Å²) in [4.78, 5) is 1.22. The minimum Gasteiger partial charge on any atom is -0.324 e. The molecule has 4 heteroatoms. The number of hydrogen-bond donors (Lipinski definition) is 1. The zero-order valence-corrected chi connectivity index (χ0v) is 11.6. The van der Waals surface area contributed by atoms with E-state index >= 15 is 0 Å². The van der Waals surface area contributed by atoms with E-state index in [4.69, 9.17) is 17.3 Å². The van der Waals surface area contributed by atoms with E-state index in [-0.39, 0.29) is 6.04 Å². The molecule has 1 nitrogen and oxygen atoms in total. The molecule has 1 aromatic carbocycles. The Bertz CT molecular complexity index is 483. The van der Waals surface area contributed by atoms with E-state index in [1.807, 2.05) is 30.3 Å². The molecule has 0 aliphatic heterocycles. The normalized spacial score (nSPS) is 12.7. The van der Waals surface area contributed by atoms with Crippen LogP contribution in [0.15, 0.2) is 40.9 Å². The fraction of sp³-hybridized carbons (Fsp3) is 0.167. The van der Waals surface area contributed by atoms with Gasteiger partial charge in [0.2, 0.25) is 0 Å². The SMILES string of the molecule is NC(Cc1ccc(Cl)s1)c1cccc(Br)c1. The summed E-state index contributed by atoms with van der Waals surface area (Å²) >= 11 is 10.9. The van der Waals surface area contributed by atoms with Crippen molar-refractivity contribution in [3.05, 3.63) is 55.6 Å². The maximum atomic E-state index is 6.15. The summed E-state index contributed by atoms with van der Waals surface area (Å²) in [6, 6.07) is 12.1. The summed E-state index contributed by atoms with van der Waals surface area (Å²) < 4.78 is 1.88. The molecule has 2 N–H and O–H groups in total. The predicted octanol–water partition coefficient (Wildman–Crippen LogP) is 4.41. The Morgan fingerprint density at radius 3 is 2.75 bits per heavy atom. The van der Waals surface area contributed by atoms with Crippen LogP contribution >= 0.6 is 38.9 Å². The molecule has 2 rings (SSSR count). The molecule has 1 unspecified atom stereocenters. The lowest BCUT2D eigenvalue weighted by Crippen LogP contribution is -2.12. The Kier molecular flexibility index (Phi) is 4.03. The molecule has 0 amide bonds. The topological polar surface area (TPSA) is 26.0 Å². The van der Waals surface area contributed by atoms with Crippen LogP contribution in [0, 0.1) is 0 Å². The Morgan fingerprint density at radius 1 is 1.31 bits per heavy atom. The van der Waals surface area contributed by atoms with Gasteiger partial charge in [-0.05, 0) is 29.8 Å². The molecular weight excluding hydrogens is 306 g/mol. The lowest BCUT2D eigenvalue weighted by atomic mass is 10.0. The van der Waals surface area contributed by atoms with Crippen LogP contribution in [0.2, 0.25) is 4.34 Å². The quantitative estimate of drug-likeness (QED) is 0.892. The molecule has 2 aromatic rings. The summed E-state index contributed by atoms with van der Waals surface area (Å²) in [6.45, 7) is 0. The predicted molar refractivity (Wildman–Crippen MR) is 74.1 cm³/mol. The summed E-state index contributed by atoms with van der Waals surface area (Å²) in [5.41, 5.74) is 7.29. The molecule has 84 valence electrons. The Labute approximate surface area is 112 Å². The molecule has 0 spiro atoms. The van der Waals surface area contributed by atoms with Crippen molar-refractivity contribution in [2.24, 2.45) is 5.73 Å². The van der Waals surface area contributed by atoms with E-state index in [1.165, 1.54) is 4.88 Å². The van der Waals surface area contributed by atoms with Gasteiger partial charge in [-0.2, -0.15) is 0 Å². The maximum Gasteiger partial charge on any atom is 0.0931 e. The van der Waals surface area contributed by atoms with Gasteiger partial charge in [0.05, 0.1) is 4.34 Å². The standard InChI is InChI=1S/C12H11BrClNS/c13-9-3-1-2-8(6-9)11(15)7-10-4-5-12(14)16-10/h1-6,11H,7,15H2. The monoisotopic (exact) mass is 315 g/mol. The second-order valence-electron chi connectivity index (χ2n) is 3.57. The van der Waals surface area contributed by atoms with Gasteiger partial charge in [-0.15, -0.1) is 11.3 Å². The Balaban J connectivity index is 2.11. The zero-order valence-electron chi connectivity index (χ0n) is 8.49. The van der Waals surface area contributed by atoms with Gasteiger partial charge < -0.3 is 5.73 Å². The molecule has 0 aliphatic rings. The zero-order chi connectivity index (χ0) is 11.5. The van der Waals surface area contributed by atoms with Crippen LogP contribution in [0.5, 0.6) is 0 Å². The summed E-state index contributed by atoms with van der Waals surface area (Å²) in [5.74, 6) is 0. The molecule has 0 saturated carbocycles. The van der Waals surface area contributed by atoms with E-state index in [0.717, 1.165) is 20.8 Å². The second-order valence-corrected chi connectivity index (χ2v) is 6.29. The van der Waals surface area contributed by atoms with Gasteiger partial charge in [0.1, 0.15) is 0 Å². The number of rotatable bonds is 3. The van der Waals surface area contributed by atoms with Gasteiger partial charge in [0.15, 0.2) is 0 Å². The van der Waals surface area contributed by atoms with Crippen LogP contribution in [-0.4, -0.2) is 0 Å². The van der Waals surface area contributed by atoms with Gasteiger partial charge in [-0.1, -0.05) is 39.7 Å². The maximum absolute atomic E-state index is 6.15. The van der Waals surface area contributed by atoms with E-state index in [2.05, 4.69) is 22.0 Å². The number of nitrogens with two attached hydrogens (primary N) is 1. The van der Waals surface area contributed by atoms with E-state index in [9.17, 15) is 0 Å². The highest BCUT2D eigenvalue weighted by atomic mass is 79.9. The first-order valence-electron chi connectivity index (χ1n) is 4.90. The first kappa shape index (κ1) is 12.1. The minimum atomic E-state index is 0.0206. The average molecular weight is 317 g/mol. The molecule has 0 aliphatic carbocycles. The highest BCUT2D eigenvalue weighted by Gasteiger charge is 2.08. The van der Waals surface area contributed by atoms with Gasteiger partial charge in [0, 0.05) is 21.8 Å². The third-order valence-electron chi connectivity index (χ3n) is 2.33. The molecule has 1 heterocycles. The number of halogens is 2. The number of thiophene rings is 1. The van der Waals surface area contributed by atoms with Gasteiger partial charge in [-0.3, -0.25) is 0 Å².